The van der Waals surface area contributed by atoms with Crippen LogP contribution in [0.3, 0.4) is 0 Å². The predicted octanol–water partition coefficient (Wildman–Crippen LogP) is 3.65. The van der Waals surface area contributed by atoms with E-state index in [2.05, 4.69) is 39.9 Å². The molecule has 0 amide bonds. The lowest BCUT2D eigenvalue weighted by atomic mass is 10.1. The third-order valence-corrected chi connectivity index (χ3v) is 5.04. The summed E-state index contributed by atoms with van der Waals surface area (Å²) in [5.41, 5.74) is 2.32. The molecule has 0 aliphatic carbocycles. The van der Waals surface area contributed by atoms with Crippen molar-refractivity contribution in [1.82, 2.24) is 10.6 Å². The summed E-state index contributed by atoms with van der Waals surface area (Å²) < 4.78 is 30.2. The van der Waals surface area contributed by atoms with Gasteiger partial charge in [-0.2, -0.15) is 0 Å². The van der Waals surface area contributed by atoms with Gasteiger partial charge in [-0.05, 0) is 55.2 Å². The van der Waals surface area contributed by atoms with Crippen LogP contribution in [0.1, 0.15) is 30.9 Å². The first-order valence-corrected chi connectivity index (χ1v) is 10.8. The molecule has 3 rings (SSSR count). The molecule has 2 aromatic rings. The maximum absolute atomic E-state index is 13.0. The van der Waals surface area contributed by atoms with Crippen LogP contribution in [0.25, 0.3) is 0 Å². The lowest BCUT2D eigenvalue weighted by molar-refractivity contribution is -0.0390. The molecule has 0 radical (unpaired) electrons. The van der Waals surface area contributed by atoms with E-state index < -0.39 is 0 Å². The lowest BCUT2D eigenvalue weighted by Crippen LogP contribution is -2.41. The van der Waals surface area contributed by atoms with Crippen molar-refractivity contribution in [3.8, 4) is 5.75 Å². The minimum Gasteiger partial charge on any atom is -0.489 e. The Labute approximate surface area is 183 Å². The van der Waals surface area contributed by atoms with Crippen molar-refractivity contribution >= 4 is 5.96 Å². The smallest absolute Gasteiger partial charge is 0.191 e. The zero-order valence-corrected chi connectivity index (χ0v) is 18.3. The van der Waals surface area contributed by atoms with E-state index in [1.54, 1.807) is 19.2 Å². The van der Waals surface area contributed by atoms with Gasteiger partial charge in [-0.15, -0.1) is 0 Å². The van der Waals surface area contributed by atoms with Crippen LogP contribution in [0.2, 0.25) is 0 Å². The summed E-state index contributed by atoms with van der Waals surface area (Å²) in [7, 11) is 1.74. The van der Waals surface area contributed by atoms with E-state index in [1.165, 1.54) is 12.1 Å². The number of hydrogen-bond donors (Lipinski definition) is 2. The van der Waals surface area contributed by atoms with Crippen LogP contribution in [0.15, 0.2) is 53.5 Å². The SMILES string of the molecule is CN=C(NCc1cccc(COC2CCOCC2)c1)NCC(C)Oc1ccc(F)cc1. The average Bonchev–Trinajstić information content (AvgIpc) is 2.80. The van der Waals surface area contributed by atoms with Crippen molar-refractivity contribution in [3.63, 3.8) is 0 Å². The Balaban J connectivity index is 1.40. The van der Waals surface area contributed by atoms with Crippen LogP contribution in [0.5, 0.6) is 5.75 Å². The van der Waals surface area contributed by atoms with E-state index in [0.29, 0.717) is 31.4 Å². The largest absolute Gasteiger partial charge is 0.489 e. The van der Waals surface area contributed by atoms with Crippen molar-refractivity contribution in [1.29, 1.82) is 0 Å². The molecule has 31 heavy (non-hydrogen) atoms. The molecule has 1 aliphatic rings. The van der Waals surface area contributed by atoms with Crippen LogP contribution in [0, 0.1) is 5.82 Å². The molecule has 2 aromatic carbocycles. The molecule has 168 valence electrons. The molecule has 0 bridgehead atoms. The first-order chi connectivity index (χ1) is 15.1. The Kier molecular flexibility index (Phi) is 9.12. The van der Waals surface area contributed by atoms with Gasteiger partial charge in [-0.25, -0.2) is 4.39 Å². The Hall–Kier alpha value is -2.64. The van der Waals surface area contributed by atoms with E-state index in [9.17, 15) is 4.39 Å². The van der Waals surface area contributed by atoms with Crippen molar-refractivity contribution in [2.45, 2.75) is 45.1 Å². The third kappa shape index (κ3) is 8.19. The van der Waals surface area contributed by atoms with Crippen molar-refractivity contribution in [2.24, 2.45) is 4.99 Å². The third-order valence-electron chi connectivity index (χ3n) is 5.04. The summed E-state index contributed by atoms with van der Waals surface area (Å²) in [6, 6.07) is 14.4. The van der Waals surface area contributed by atoms with Crippen molar-refractivity contribution < 1.29 is 18.6 Å². The molecule has 1 unspecified atom stereocenters. The molecule has 1 saturated heterocycles. The van der Waals surface area contributed by atoms with Gasteiger partial charge in [0.15, 0.2) is 5.96 Å². The Morgan fingerprint density at radius 2 is 1.87 bits per heavy atom. The van der Waals surface area contributed by atoms with Gasteiger partial charge in [0.1, 0.15) is 17.7 Å². The van der Waals surface area contributed by atoms with E-state index in [-0.39, 0.29) is 18.0 Å². The zero-order chi connectivity index (χ0) is 21.9. The molecule has 1 heterocycles. The highest BCUT2D eigenvalue weighted by molar-refractivity contribution is 5.79. The van der Waals surface area contributed by atoms with Gasteiger partial charge < -0.3 is 24.8 Å². The van der Waals surface area contributed by atoms with Gasteiger partial charge in [0, 0.05) is 26.8 Å². The fourth-order valence-corrected chi connectivity index (χ4v) is 3.32. The first-order valence-electron chi connectivity index (χ1n) is 10.8. The number of hydrogen-bond acceptors (Lipinski definition) is 4. The molecular formula is C24H32FN3O3. The Morgan fingerprint density at radius 3 is 2.61 bits per heavy atom. The molecule has 1 aliphatic heterocycles. The average molecular weight is 430 g/mol. The highest BCUT2D eigenvalue weighted by Crippen LogP contribution is 2.15. The molecular weight excluding hydrogens is 397 g/mol. The second-order valence-corrected chi connectivity index (χ2v) is 7.63. The van der Waals surface area contributed by atoms with E-state index >= 15 is 0 Å². The second kappa shape index (κ2) is 12.3. The highest BCUT2D eigenvalue weighted by Gasteiger charge is 2.14. The zero-order valence-electron chi connectivity index (χ0n) is 18.3. The first kappa shape index (κ1) is 23.0. The van der Waals surface area contributed by atoms with Crippen LogP contribution in [-0.2, 0) is 22.6 Å². The van der Waals surface area contributed by atoms with Gasteiger partial charge in [0.05, 0.1) is 19.3 Å². The standard InChI is InChI=1S/C24H32FN3O3/c1-18(31-23-8-6-21(25)7-9-23)15-27-24(26-2)28-16-19-4-3-5-20(14-19)17-30-22-10-12-29-13-11-22/h3-9,14,18,22H,10-13,15-17H2,1-2H3,(H2,26,27,28). The van der Waals surface area contributed by atoms with Gasteiger partial charge in [0.2, 0.25) is 0 Å². The van der Waals surface area contributed by atoms with E-state index in [1.807, 2.05) is 6.92 Å². The minimum atomic E-state index is -0.276. The molecule has 1 fully saturated rings. The topological polar surface area (TPSA) is 64.1 Å². The molecule has 0 saturated carbocycles. The summed E-state index contributed by atoms with van der Waals surface area (Å²) in [6.07, 6.45) is 2.12. The van der Waals surface area contributed by atoms with E-state index in [4.69, 9.17) is 14.2 Å². The number of ether oxygens (including phenoxy) is 3. The summed E-state index contributed by atoms with van der Waals surface area (Å²) in [6.45, 7) is 5.35. The van der Waals surface area contributed by atoms with Gasteiger partial charge in [-0.3, -0.25) is 4.99 Å². The number of benzene rings is 2. The fraction of sp³-hybridized carbons (Fsp3) is 0.458. The monoisotopic (exact) mass is 429 g/mol. The quantitative estimate of drug-likeness (QED) is 0.471. The maximum atomic E-state index is 13.0. The maximum Gasteiger partial charge on any atom is 0.191 e. The second-order valence-electron chi connectivity index (χ2n) is 7.63. The summed E-state index contributed by atoms with van der Waals surface area (Å²) in [4.78, 5) is 4.27. The van der Waals surface area contributed by atoms with Crippen LogP contribution < -0.4 is 15.4 Å². The highest BCUT2D eigenvalue weighted by atomic mass is 19.1. The van der Waals surface area contributed by atoms with E-state index in [0.717, 1.165) is 37.2 Å². The summed E-state index contributed by atoms with van der Waals surface area (Å²) in [5, 5.41) is 6.58. The molecule has 0 spiro atoms. The van der Waals surface area contributed by atoms with Crippen molar-refractivity contribution in [2.75, 3.05) is 26.8 Å². The Bertz CT molecular complexity index is 823. The molecule has 6 nitrogen and oxygen atoms in total. The van der Waals surface area contributed by atoms with Crippen LogP contribution in [-0.4, -0.2) is 45.0 Å². The van der Waals surface area contributed by atoms with Crippen molar-refractivity contribution in [3.05, 3.63) is 65.5 Å². The number of aliphatic imine (C=N–C) groups is 1. The minimum absolute atomic E-state index is 0.102. The number of nitrogens with one attached hydrogen (secondary N) is 2. The summed E-state index contributed by atoms with van der Waals surface area (Å²) in [5.74, 6) is 1.05. The number of halogens is 1. The fourth-order valence-electron chi connectivity index (χ4n) is 3.32. The number of nitrogens with zero attached hydrogens (tertiary/aromatic N) is 1. The lowest BCUT2D eigenvalue weighted by Gasteiger charge is -2.22. The van der Waals surface area contributed by atoms with Gasteiger partial charge in [0.25, 0.3) is 0 Å². The summed E-state index contributed by atoms with van der Waals surface area (Å²) >= 11 is 0. The molecule has 0 aromatic heterocycles. The van der Waals surface area contributed by atoms with Crippen LogP contribution >= 0.6 is 0 Å². The molecule has 1 atom stereocenters. The van der Waals surface area contributed by atoms with Crippen LogP contribution in [0.4, 0.5) is 4.39 Å². The van der Waals surface area contributed by atoms with Gasteiger partial charge in [-0.1, -0.05) is 24.3 Å². The predicted molar refractivity (Wildman–Crippen MR) is 120 cm³/mol. The Morgan fingerprint density at radius 1 is 1.13 bits per heavy atom. The number of rotatable bonds is 9. The normalized spacial score (nSPS) is 16.0. The number of guanidine groups is 1. The van der Waals surface area contributed by atoms with Gasteiger partial charge >= 0.3 is 0 Å². The molecule has 7 heteroatoms. The molecule has 2 N–H and O–H groups in total.